The maximum atomic E-state index is 13.7. The van der Waals surface area contributed by atoms with Crippen molar-refractivity contribution in [1.82, 2.24) is 0 Å². The Morgan fingerprint density at radius 2 is 1.46 bits per heavy atom. The summed E-state index contributed by atoms with van der Waals surface area (Å²) in [6, 6.07) is 7.69. The molecule has 0 heterocycles. The Hall–Kier alpha value is -1.59. The fraction of sp³-hybridized carbons (Fsp3) is 0.625. The summed E-state index contributed by atoms with van der Waals surface area (Å²) in [6.07, 6.45) is 12.9. The molecule has 0 saturated heterocycles. The van der Waals surface area contributed by atoms with E-state index in [4.69, 9.17) is 6.42 Å². The highest BCUT2D eigenvalue weighted by atomic mass is 16.3. The molecule has 0 aliphatic heterocycles. The summed E-state index contributed by atoms with van der Waals surface area (Å²) in [5.74, 6) is 8.01. The van der Waals surface area contributed by atoms with Gasteiger partial charge in [0.15, 0.2) is 5.78 Å². The Bertz CT molecular complexity index is 781. The van der Waals surface area contributed by atoms with Gasteiger partial charge in [-0.15, -0.1) is 6.42 Å². The van der Waals surface area contributed by atoms with Crippen molar-refractivity contribution in [1.29, 1.82) is 0 Å². The maximum Gasteiger partial charge on any atom is 0.169 e. The molecule has 0 amide bonds. The van der Waals surface area contributed by atoms with Crippen LogP contribution in [0.1, 0.15) is 54.4 Å². The molecule has 1 aromatic carbocycles. The summed E-state index contributed by atoms with van der Waals surface area (Å²) in [5, 5.41) is 9.71. The van der Waals surface area contributed by atoms with Crippen LogP contribution in [0.5, 0.6) is 0 Å². The fourth-order valence-corrected chi connectivity index (χ4v) is 8.55. The zero-order chi connectivity index (χ0) is 17.7. The van der Waals surface area contributed by atoms with Gasteiger partial charge in [-0.3, -0.25) is 4.79 Å². The predicted octanol–water partition coefficient (Wildman–Crippen LogP) is 4.07. The molecular formula is C24H26O2. The fourth-order valence-electron chi connectivity index (χ4n) is 8.55. The topological polar surface area (TPSA) is 37.3 Å². The SMILES string of the molecule is C#CC12CC3C4CC5(C(=O)c6ccccc6CO)CC3C(C1)C(C5)C4C2. The summed E-state index contributed by atoms with van der Waals surface area (Å²) >= 11 is 0. The zero-order valence-electron chi connectivity index (χ0n) is 15.2. The van der Waals surface area contributed by atoms with Crippen LogP contribution in [0.3, 0.4) is 0 Å². The van der Waals surface area contributed by atoms with Gasteiger partial charge >= 0.3 is 0 Å². The normalized spacial score (nSPS) is 49.4. The Balaban J connectivity index is 1.40. The van der Waals surface area contributed by atoms with E-state index in [9.17, 15) is 9.90 Å². The Kier molecular flexibility index (Phi) is 2.86. The van der Waals surface area contributed by atoms with Gasteiger partial charge in [-0.2, -0.15) is 0 Å². The second-order valence-corrected chi connectivity index (χ2v) is 10.1. The minimum absolute atomic E-state index is 0.0488. The van der Waals surface area contributed by atoms with E-state index in [1.807, 2.05) is 24.3 Å². The van der Waals surface area contributed by atoms with Crippen molar-refractivity contribution in [2.75, 3.05) is 0 Å². The largest absolute Gasteiger partial charge is 0.392 e. The molecule has 26 heavy (non-hydrogen) atoms. The Morgan fingerprint density at radius 3 is 1.96 bits per heavy atom. The number of carbonyl (C=O) groups is 1. The van der Waals surface area contributed by atoms with Crippen LogP contribution in [0.2, 0.25) is 0 Å². The first-order valence-corrected chi connectivity index (χ1v) is 10.3. The van der Waals surface area contributed by atoms with Crippen LogP contribution in [0.25, 0.3) is 0 Å². The van der Waals surface area contributed by atoms with Crippen LogP contribution in [-0.4, -0.2) is 10.9 Å². The third-order valence-electron chi connectivity index (χ3n) is 9.28. The van der Waals surface area contributed by atoms with E-state index in [0.29, 0.717) is 5.78 Å². The second-order valence-electron chi connectivity index (χ2n) is 10.1. The highest BCUT2D eigenvalue weighted by Crippen LogP contribution is 2.77. The lowest BCUT2D eigenvalue weighted by Gasteiger charge is -2.73. The van der Waals surface area contributed by atoms with Crippen LogP contribution >= 0.6 is 0 Å². The molecule has 0 unspecified atom stereocenters. The molecule has 1 N–H and O–H groups in total. The Labute approximate surface area is 155 Å². The van der Waals surface area contributed by atoms with Gasteiger partial charge in [0.2, 0.25) is 0 Å². The van der Waals surface area contributed by atoms with Crippen LogP contribution in [0.4, 0.5) is 0 Å². The molecule has 0 aromatic heterocycles. The van der Waals surface area contributed by atoms with E-state index < -0.39 is 0 Å². The van der Waals surface area contributed by atoms with Gasteiger partial charge in [-0.25, -0.2) is 0 Å². The number of terminal acetylenes is 1. The summed E-state index contributed by atoms with van der Waals surface area (Å²) < 4.78 is 0. The molecular weight excluding hydrogens is 320 g/mol. The molecule has 8 bridgehead atoms. The van der Waals surface area contributed by atoms with Crippen LogP contribution in [-0.2, 0) is 6.61 Å². The second kappa shape index (κ2) is 4.82. The third kappa shape index (κ3) is 1.67. The molecule has 0 radical (unpaired) electrons. The number of hydrogen-bond acceptors (Lipinski definition) is 2. The van der Waals surface area contributed by atoms with Crippen molar-refractivity contribution in [3.05, 3.63) is 35.4 Å². The molecule has 2 heteroatoms. The summed E-state index contributed by atoms with van der Waals surface area (Å²) in [4.78, 5) is 13.7. The van der Waals surface area contributed by atoms with E-state index in [1.165, 1.54) is 19.3 Å². The highest BCUT2D eigenvalue weighted by molar-refractivity contribution is 6.02. The number of benzene rings is 1. The van der Waals surface area contributed by atoms with Gasteiger partial charge in [-0.1, -0.05) is 30.2 Å². The highest BCUT2D eigenvalue weighted by Gasteiger charge is 2.71. The number of hydrogen-bond donors (Lipinski definition) is 1. The van der Waals surface area contributed by atoms with Gasteiger partial charge in [0.25, 0.3) is 0 Å². The van der Waals surface area contributed by atoms with Crippen LogP contribution in [0.15, 0.2) is 24.3 Å². The number of Topliss-reactive ketones (excluding diaryl/α,β-unsaturated/α-hetero) is 1. The van der Waals surface area contributed by atoms with Crippen molar-refractivity contribution in [3.63, 3.8) is 0 Å². The molecule has 134 valence electrons. The number of carbonyl (C=O) groups excluding carboxylic acids is 1. The molecule has 7 fully saturated rings. The number of rotatable bonds is 3. The molecule has 7 aliphatic carbocycles. The average molecular weight is 346 g/mol. The zero-order valence-corrected chi connectivity index (χ0v) is 15.2. The lowest BCUT2D eigenvalue weighted by molar-refractivity contribution is -0.234. The van der Waals surface area contributed by atoms with Crippen LogP contribution < -0.4 is 0 Å². The monoisotopic (exact) mass is 346 g/mol. The quantitative estimate of drug-likeness (QED) is 0.662. The van der Waals surface area contributed by atoms with Crippen molar-refractivity contribution in [3.8, 4) is 12.3 Å². The first-order valence-electron chi connectivity index (χ1n) is 10.3. The lowest BCUT2D eigenvalue weighted by atomic mass is 9.30. The maximum absolute atomic E-state index is 13.7. The van der Waals surface area contributed by atoms with Gasteiger partial charge in [-0.05, 0) is 79.6 Å². The lowest BCUT2D eigenvalue weighted by Crippen LogP contribution is -2.68. The van der Waals surface area contributed by atoms with E-state index in [-0.39, 0.29) is 17.4 Å². The van der Waals surface area contributed by atoms with Gasteiger partial charge in [0.1, 0.15) is 0 Å². The number of aliphatic hydroxyl groups excluding tert-OH is 1. The molecule has 1 aromatic rings. The number of aliphatic hydroxyl groups is 1. The number of ketones is 1. The average Bonchev–Trinajstić information content (AvgIpc) is 2.70. The first-order chi connectivity index (χ1) is 12.6. The molecule has 0 atom stereocenters. The van der Waals surface area contributed by atoms with Gasteiger partial charge < -0.3 is 5.11 Å². The van der Waals surface area contributed by atoms with Crippen LogP contribution in [0, 0.1) is 58.7 Å². The predicted molar refractivity (Wildman–Crippen MR) is 99.0 cm³/mol. The van der Waals surface area contributed by atoms with E-state index in [1.54, 1.807) is 0 Å². The summed E-state index contributed by atoms with van der Waals surface area (Å²) in [7, 11) is 0. The Morgan fingerprint density at radius 1 is 0.962 bits per heavy atom. The van der Waals surface area contributed by atoms with Crippen molar-refractivity contribution in [2.45, 2.75) is 45.1 Å². The van der Waals surface area contributed by atoms with E-state index in [2.05, 4.69) is 5.92 Å². The standard InChI is InChI=1S/C24H26O2/c1-2-23-7-16-19-10-24(22(26)15-6-4-3-5-14(15)13-25)11-20(16)18(9-23)21(12-24)17(19)8-23/h1,3-6,16-21,25H,7-13H2. The first kappa shape index (κ1) is 15.5. The molecule has 7 saturated carbocycles. The van der Waals surface area contributed by atoms with Crippen molar-refractivity contribution < 1.29 is 9.90 Å². The minimum atomic E-state index is -0.164. The molecule has 7 aliphatic rings. The molecule has 0 spiro atoms. The molecule has 8 rings (SSSR count). The minimum Gasteiger partial charge on any atom is -0.392 e. The van der Waals surface area contributed by atoms with Gasteiger partial charge in [0.05, 0.1) is 6.61 Å². The summed E-state index contributed by atoms with van der Waals surface area (Å²) in [5.41, 5.74) is 1.59. The van der Waals surface area contributed by atoms with E-state index in [0.717, 1.165) is 65.9 Å². The van der Waals surface area contributed by atoms with Gasteiger partial charge in [0, 0.05) is 16.4 Å². The summed E-state index contributed by atoms with van der Waals surface area (Å²) in [6.45, 7) is -0.0488. The van der Waals surface area contributed by atoms with Crippen molar-refractivity contribution >= 4 is 5.78 Å². The third-order valence-corrected chi connectivity index (χ3v) is 9.28. The van der Waals surface area contributed by atoms with E-state index >= 15 is 0 Å². The smallest absolute Gasteiger partial charge is 0.169 e. The van der Waals surface area contributed by atoms with Crippen molar-refractivity contribution in [2.24, 2.45) is 46.3 Å². The molecule has 2 nitrogen and oxygen atoms in total.